The molecular weight excluding hydrogens is 426 g/mol. The Balaban J connectivity index is 1.14. The molecule has 3 heterocycles. The van der Waals surface area contributed by atoms with Crippen molar-refractivity contribution in [2.75, 3.05) is 20.3 Å². The van der Waals surface area contributed by atoms with Gasteiger partial charge in [-0.05, 0) is 54.3 Å². The Labute approximate surface area is 199 Å². The minimum Gasteiger partial charge on any atom is -0.492 e. The summed E-state index contributed by atoms with van der Waals surface area (Å²) in [6.45, 7) is 3.55. The van der Waals surface area contributed by atoms with Crippen molar-refractivity contribution in [1.29, 1.82) is 0 Å². The van der Waals surface area contributed by atoms with E-state index in [1.54, 1.807) is 13.3 Å². The molecule has 4 aromatic rings. The molecule has 1 aliphatic carbocycles. The van der Waals surface area contributed by atoms with Crippen LogP contribution in [-0.2, 0) is 13.1 Å². The molecule has 0 atom stereocenters. The Hall–Kier alpha value is -3.64. The van der Waals surface area contributed by atoms with Gasteiger partial charge in [-0.2, -0.15) is 0 Å². The zero-order valence-electron chi connectivity index (χ0n) is 19.2. The van der Waals surface area contributed by atoms with Crippen molar-refractivity contribution in [3.8, 4) is 34.2 Å². The summed E-state index contributed by atoms with van der Waals surface area (Å²) in [5, 5.41) is 0. The molecule has 0 saturated heterocycles. The van der Waals surface area contributed by atoms with Crippen LogP contribution in [0.2, 0.25) is 0 Å². The van der Waals surface area contributed by atoms with Gasteiger partial charge < -0.3 is 13.9 Å². The molecular formula is C28H27N3O3. The molecule has 2 aromatic heterocycles. The van der Waals surface area contributed by atoms with E-state index in [2.05, 4.69) is 34.1 Å². The highest BCUT2D eigenvalue weighted by Gasteiger charge is 2.31. The van der Waals surface area contributed by atoms with Crippen LogP contribution in [-0.4, -0.2) is 35.1 Å². The Morgan fingerprint density at radius 2 is 1.68 bits per heavy atom. The fourth-order valence-corrected chi connectivity index (χ4v) is 4.43. The number of hydrogen-bond donors (Lipinski definition) is 0. The Morgan fingerprint density at radius 3 is 2.32 bits per heavy atom. The fourth-order valence-electron chi connectivity index (χ4n) is 4.43. The smallest absolute Gasteiger partial charge is 0.212 e. The van der Waals surface area contributed by atoms with E-state index in [4.69, 9.17) is 18.9 Å². The lowest BCUT2D eigenvalue weighted by Crippen LogP contribution is -2.22. The summed E-state index contributed by atoms with van der Waals surface area (Å²) in [4.78, 5) is 11.6. The molecule has 6 nitrogen and oxygen atoms in total. The van der Waals surface area contributed by atoms with Gasteiger partial charge in [-0.3, -0.25) is 4.90 Å². The first-order valence-corrected chi connectivity index (χ1v) is 11.8. The van der Waals surface area contributed by atoms with Crippen LogP contribution in [0.4, 0.5) is 0 Å². The number of benzene rings is 2. The molecule has 6 heteroatoms. The summed E-state index contributed by atoms with van der Waals surface area (Å²) in [7, 11) is 1.61. The molecule has 172 valence electrons. The van der Waals surface area contributed by atoms with Gasteiger partial charge in [-0.1, -0.05) is 24.3 Å². The van der Waals surface area contributed by atoms with Gasteiger partial charge in [0.15, 0.2) is 11.7 Å². The minimum absolute atomic E-state index is 0.429. The van der Waals surface area contributed by atoms with Gasteiger partial charge in [-0.15, -0.1) is 0 Å². The van der Waals surface area contributed by atoms with Crippen molar-refractivity contribution in [3.63, 3.8) is 0 Å². The molecule has 0 amide bonds. The average Bonchev–Trinajstić information content (AvgIpc) is 3.50. The monoisotopic (exact) mass is 453 g/mol. The molecule has 2 aromatic carbocycles. The number of hydrogen-bond acceptors (Lipinski definition) is 6. The SMILES string of the molecule is COc1ccc(-c2nc(C3CC3)oc2-c2ccc(OCCN3Cc4ccccc4C3)cc2)cn1. The summed E-state index contributed by atoms with van der Waals surface area (Å²) in [6.07, 6.45) is 4.05. The molecule has 0 radical (unpaired) electrons. The lowest BCUT2D eigenvalue weighted by molar-refractivity contribution is 0.211. The number of ether oxygens (including phenoxy) is 2. The molecule has 0 spiro atoms. The predicted octanol–water partition coefficient (Wildman–Crippen LogP) is 5.68. The zero-order chi connectivity index (χ0) is 22.9. The van der Waals surface area contributed by atoms with E-state index < -0.39 is 0 Å². The first-order valence-electron chi connectivity index (χ1n) is 11.8. The predicted molar refractivity (Wildman–Crippen MR) is 130 cm³/mol. The van der Waals surface area contributed by atoms with Gasteiger partial charge in [0.2, 0.25) is 5.88 Å². The molecule has 1 aliphatic heterocycles. The van der Waals surface area contributed by atoms with Crippen LogP contribution in [0, 0.1) is 0 Å². The lowest BCUT2D eigenvalue weighted by Gasteiger charge is -2.15. The third-order valence-corrected chi connectivity index (χ3v) is 6.49. The first kappa shape index (κ1) is 20.9. The van der Waals surface area contributed by atoms with Crippen LogP contribution in [0.3, 0.4) is 0 Å². The highest BCUT2D eigenvalue weighted by Crippen LogP contribution is 2.43. The van der Waals surface area contributed by atoms with Crippen LogP contribution in [0.15, 0.2) is 71.3 Å². The van der Waals surface area contributed by atoms with E-state index >= 15 is 0 Å². The van der Waals surface area contributed by atoms with E-state index in [0.717, 1.165) is 66.7 Å². The Morgan fingerprint density at radius 1 is 0.941 bits per heavy atom. The van der Waals surface area contributed by atoms with Crippen LogP contribution in [0.1, 0.15) is 35.8 Å². The number of oxazole rings is 1. The number of methoxy groups -OCH3 is 1. The van der Waals surface area contributed by atoms with Gasteiger partial charge in [0.25, 0.3) is 0 Å². The van der Waals surface area contributed by atoms with Gasteiger partial charge >= 0.3 is 0 Å². The lowest BCUT2D eigenvalue weighted by atomic mass is 10.1. The number of aromatic nitrogens is 2. The van der Waals surface area contributed by atoms with E-state index in [-0.39, 0.29) is 0 Å². The molecule has 34 heavy (non-hydrogen) atoms. The summed E-state index contributed by atoms with van der Waals surface area (Å²) in [6, 6.07) is 20.5. The summed E-state index contributed by atoms with van der Waals surface area (Å²) < 4.78 is 17.5. The zero-order valence-corrected chi connectivity index (χ0v) is 19.2. The van der Waals surface area contributed by atoms with Crippen LogP contribution in [0.5, 0.6) is 11.6 Å². The second-order valence-corrected chi connectivity index (χ2v) is 8.95. The standard InChI is InChI=1S/C28H27N3O3/c1-32-25-13-10-21(16-29-25)26-27(34-28(30-26)20-6-7-20)19-8-11-24(12-9-19)33-15-14-31-17-22-4-2-3-5-23(22)18-31/h2-5,8-13,16,20H,6-7,14-15,17-18H2,1H3. The maximum atomic E-state index is 6.24. The van der Waals surface area contributed by atoms with Crippen LogP contribution in [0.25, 0.3) is 22.6 Å². The van der Waals surface area contributed by atoms with Crippen LogP contribution >= 0.6 is 0 Å². The highest BCUT2D eigenvalue weighted by atomic mass is 16.5. The third kappa shape index (κ3) is 4.29. The van der Waals surface area contributed by atoms with E-state index in [1.807, 2.05) is 36.4 Å². The summed E-state index contributed by atoms with van der Waals surface area (Å²) >= 11 is 0. The minimum atomic E-state index is 0.429. The van der Waals surface area contributed by atoms with E-state index in [1.165, 1.54) is 11.1 Å². The normalized spacial score (nSPS) is 15.3. The Bertz CT molecular complexity index is 1250. The maximum absolute atomic E-state index is 6.24. The molecule has 1 fully saturated rings. The number of rotatable bonds is 8. The van der Waals surface area contributed by atoms with Gasteiger partial charge in [0, 0.05) is 48.9 Å². The van der Waals surface area contributed by atoms with Crippen molar-refractivity contribution in [2.24, 2.45) is 0 Å². The molecule has 0 N–H and O–H groups in total. The van der Waals surface area contributed by atoms with Crippen molar-refractivity contribution >= 4 is 0 Å². The van der Waals surface area contributed by atoms with Gasteiger partial charge in [0.05, 0.1) is 7.11 Å². The number of pyridine rings is 1. The third-order valence-electron chi connectivity index (χ3n) is 6.49. The topological polar surface area (TPSA) is 60.6 Å². The quantitative estimate of drug-likeness (QED) is 0.342. The molecule has 2 aliphatic rings. The number of fused-ring (bicyclic) bond motifs is 1. The second kappa shape index (κ2) is 8.95. The Kier molecular flexibility index (Phi) is 5.51. The second-order valence-electron chi connectivity index (χ2n) is 8.95. The molecule has 0 unspecified atom stereocenters. The van der Waals surface area contributed by atoms with Crippen LogP contribution < -0.4 is 9.47 Å². The van der Waals surface area contributed by atoms with E-state index in [9.17, 15) is 0 Å². The maximum Gasteiger partial charge on any atom is 0.212 e. The molecule has 1 saturated carbocycles. The van der Waals surface area contributed by atoms with E-state index in [0.29, 0.717) is 18.4 Å². The summed E-state index contributed by atoms with van der Waals surface area (Å²) in [5.41, 5.74) is 5.56. The van der Waals surface area contributed by atoms with Crippen molar-refractivity contribution in [3.05, 3.63) is 83.9 Å². The molecule has 0 bridgehead atoms. The largest absolute Gasteiger partial charge is 0.492 e. The van der Waals surface area contributed by atoms with Crippen molar-refractivity contribution in [2.45, 2.75) is 31.8 Å². The fraction of sp³-hybridized carbons (Fsp3) is 0.286. The summed E-state index contributed by atoms with van der Waals surface area (Å²) in [5.74, 6) is 3.45. The molecule has 6 rings (SSSR count). The van der Waals surface area contributed by atoms with Gasteiger partial charge in [-0.25, -0.2) is 9.97 Å². The number of nitrogens with zero attached hydrogens (tertiary/aromatic N) is 3. The van der Waals surface area contributed by atoms with Crippen molar-refractivity contribution < 1.29 is 13.9 Å². The van der Waals surface area contributed by atoms with Gasteiger partial charge in [0.1, 0.15) is 18.1 Å². The average molecular weight is 454 g/mol. The first-order chi connectivity index (χ1) is 16.8. The highest BCUT2D eigenvalue weighted by molar-refractivity contribution is 5.77. The van der Waals surface area contributed by atoms with Crippen molar-refractivity contribution in [1.82, 2.24) is 14.9 Å².